The molecule has 1 fully saturated rings. The first-order valence-electron chi connectivity index (χ1n) is 7.61. The normalized spacial score (nSPS) is 27.4. The molecule has 0 amide bonds. The number of hydrogen-bond acceptors (Lipinski definition) is 2. The van der Waals surface area contributed by atoms with Gasteiger partial charge in [0.15, 0.2) is 0 Å². The van der Waals surface area contributed by atoms with E-state index in [1.807, 2.05) is 0 Å². The molecule has 0 bridgehead atoms. The van der Waals surface area contributed by atoms with E-state index in [1.54, 1.807) is 0 Å². The van der Waals surface area contributed by atoms with E-state index in [4.69, 9.17) is 0 Å². The summed E-state index contributed by atoms with van der Waals surface area (Å²) in [6, 6.07) is 1.57. The number of hydrogen-bond donors (Lipinski definition) is 1. The van der Waals surface area contributed by atoms with Crippen LogP contribution in [0.4, 0.5) is 0 Å². The molecule has 2 heteroatoms. The molecule has 0 aromatic heterocycles. The number of likely N-dealkylation sites (N-methyl/N-ethyl adjacent to an activating group) is 2. The van der Waals surface area contributed by atoms with Crippen molar-refractivity contribution < 1.29 is 0 Å². The lowest BCUT2D eigenvalue weighted by Gasteiger charge is -2.38. The minimum absolute atomic E-state index is 0.735. The molecule has 0 aromatic rings. The van der Waals surface area contributed by atoms with Crippen LogP contribution < -0.4 is 5.32 Å². The van der Waals surface area contributed by atoms with Gasteiger partial charge in [-0.1, -0.05) is 27.2 Å². The lowest BCUT2D eigenvalue weighted by molar-refractivity contribution is 0.116. The van der Waals surface area contributed by atoms with E-state index in [2.05, 4.69) is 38.0 Å². The van der Waals surface area contributed by atoms with Crippen LogP contribution in [0.3, 0.4) is 0 Å². The van der Waals surface area contributed by atoms with Crippen LogP contribution >= 0.6 is 0 Å². The summed E-state index contributed by atoms with van der Waals surface area (Å²) in [7, 11) is 2.35. The zero-order valence-electron chi connectivity index (χ0n) is 12.3. The Hall–Kier alpha value is -0.0800. The number of nitrogens with one attached hydrogen (secondary N) is 1. The highest BCUT2D eigenvalue weighted by Crippen LogP contribution is 2.27. The van der Waals surface area contributed by atoms with Gasteiger partial charge < -0.3 is 5.32 Å². The maximum absolute atomic E-state index is 3.52. The fourth-order valence-corrected chi connectivity index (χ4v) is 3.04. The smallest absolute Gasteiger partial charge is 0.0220 e. The highest BCUT2D eigenvalue weighted by Gasteiger charge is 2.25. The van der Waals surface area contributed by atoms with E-state index in [1.165, 1.54) is 38.5 Å². The van der Waals surface area contributed by atoms with Gasteiger partial charge >= 0.3 is 0 Å². The molecule has 1 saturated carbocycles. The van der Waals surface area contributed by atoms with E-state index < -0.39 is 0 Å². The molecule has 0 saturated heterocycles. The van der Waals surface area contributed by atoms with Gasteiger partial charge in [-0.2, -0.15) is 0 Å². The fourth-order valence-electron chi connectivity index (χ4n) is 3.04. The summed E-state index contributed by atoms with van der Waals surface area (Å²) in [6.07, 6.45) is 8.29. The molecule has 0 radical (unpaired) electrons. The van der Waals surface area contributed by atoms with E-state index >= 15 is 0 Å². The Morgan fingerprint density at radius 3 is 2.35 bits per heavy atom. The summed E-state index contributed by atoms with van der Waals surface area (Å²) < 4.78 is 0. The fraction of sp³-hybridized carbons (Fsp3) is 1.00. The summed E-state index contributed by atoms with van der Waals surface area (Å²) in [5.74, 6) is 0.957. The Kier molecular flexibility index (Phi) is 7.14. The molecule has 1 unspecified atom stereocenters. The molecule has 102 valence electrons. The first-order valence-corrected chi connectivity index (χ1v) is 7.61. The third-order valence-electron chi connectivity index (χ3n) is 4.39. The molecular formula is C15H32N2. The van der Waals surface area contributed by atoms with Crippen LogP contribution in [-0.2, 0) is 0 Å². The van der Waals surface area contributed by atoms with Crippen molar-refractivity contribution >= 4 is 0 Å². The summed E-state index contributed by atoms with van der Waals surface area (Å²) in [5.41, 5.74) is 0. The standard InChI is InChI=1S/C15H32N2/c1-5-7-15(12-16-6-2)17(4)14-10-8-13(3)9-11-14/h13-16H,5-12H2,1-4H3. The Balaban J connectivity index is 2.42. The Labute approximate surface area is 108 Å². The van der Waals surface area contributed by atoms with Crippen molar-refractivity contribution in [2.24, 2.45) is 5.92 Å². The second-order valence-electron chi connectivity index (χ2n) is 5.83. The largest absolute Gasteiger partial charge is 0.315 e. The van der Waals surface area contributed by atoms with Gasteiger partial charge in [-0.3, -0.25) is 4.90 Å². The first kappa shape index (κ1) is 15.0. The average Bonchev–Trinajstić information content (AvgIpc) is 2.34. The summed E-state index contributed by atoms with van der Waals surface area (Å²) >= 11 is 0. The zero-order chi connectivity index (χ0) is 12.7. The minimum Gasteiger partial charge on any atom is -0.315 e. The van der Waals surface area contributed by atoms with Gasteiger partial charge in [0, 0.05) is 18.6 Å². The van der Waals surface area contributed by atoms with E-state index in [0.29, 0.717) is 0 Å². The number of rotatable bonds is 7. The van der Waals surface area contributed by atoms with Gasteiger partial charge in [-0.05, 0) is 51.6 Å². The molecular weight excluding hydrogens is 208 g/mol. The van der Waals surface area contributed by atoms with Gasteiger partial charge in [0.2, 0.25) is 0 Å². The second kappa shape index (κ2) is 8.10. The molecule has 17 heavy (non-hydrogen) atoms. The van der Waals surface area contributed by atoms with E-state index in [0.717, 1.165) is 31.1 Å². The van der Waals surface area contributed by atoms with Crippen molar-refractivity contribution in [3.8, 4) is 0 Å². The van der Waals surface area contributed by atoms with Crippen LogP contribution in [-0.4, -0.2) is 37.1 Å². The minimum atomic E-state index is 0.735. The van der Waals surface area contributed by atoms with Crippen molar-refractivity contribution in [3.05, 3.63) is 0 Å². The lowest BCUT2D eigenvalue weighted by atomic mass is 9.86. The van der Waals surface area contributed by atoms with Gasteiger partial charge in [0.25, 0.3) is 0 Å². The highest BCUT2D eigenvalue weighted by atomic mass is 15.2. The molecule has 1 aliphatic carbocycles. The Bertz CT molecular complexity index is 185. The third kappa shape index (κ3) is 4.97. The molecule has 1 rings (SSSR count). The molecule has 1 N–H and O–H groups in total. The Morgan fingerprint density at radius 1 is 1.18 bits per heavy atom. The predicted octanol–water partition coefficient (Wildman–Crippen LogP) is 3.28. The van der Waals surface area contributed by atoms with Gasteiger partial charge in [-0.15, -0.1) is 0 Å². The monoisotopic (exact) mass is 240 g/mol. The predicted molar refractivity (Wildman–Crippen MR) is 76.4 cm³/mol. The maximum atomic E-state index is 3.52. The first-order chi connectivity index (χ1) is 8.19. The molecule has 2 nitrogen and oxygen atoms in total. The van der Waals surface area contributed by atoms with Crippen molar-refractivity contribution in [3.63, 3.8) is 0 Å². The molecule has 0 aromatic carbocycles. The highest BCUT2D eigenvalue weighted by molar-refractivity contribution is 4.82. The summed E-state index contributed by atoms with van der Waals surface area (Å²) in [6.45, 7) is 9.15. The maximum Gasteiger partial charge on any atom is 0.0220 e. The molecule has 1 atom stereocenters. The van der Waals surface area contributed by atoms with Crippen LogP contribution in [0.2, 0.25) is 0 Å². The van der Waals surface area contributed by atoms with Crippen molar-refractivity contribution in [2.75, 3.05) is 20.1 Å². The van der Waals surface area contributed by atoms with Crippen LogP contribution in [0.15, 0.2) is 0 Å². The van der Waals surface area contributed by atoms with Crippen LogP contribution in [0, 0.1) is 5.92 Å². The molecule has 0 aliphatic heterocycles. The van der Waals surface area contributed by atoms with E-state index in [9.17, 15) is 0 Å². The third-order valence-corrected chi connectivity index (χ3v) is 4.39. The van der Waals surface area contributed by atoms with Crippen molar-refractivity contribution in [2.45, 2.75) is 71.4 Å². The van der Waals surface area contributed by atoms with Crippen LogP contribution in [0.1, 0.15) is 59.3 Å². The van der Waals surface area contributed by atoms with Crippen LogP contribution in [0.5, 0.6) is 0 Å². The second-order valence-corrected chi connectivity index (χ2v) is 5.83. The topological polar surface area (TPSA) is 15.3 Å². The quantitative estimate of drug-likeness (QED) is 0.735. The number of nitrogens with zero attached hydrogens (tertiary/aromatic N) is 1. The van der Waals surface area contributed by atoms with Gasteiger partial charge in [-0.25, -0.2) is 0 Å². The average molecular weight is 240 g/mol. The van der Waals surface area contributed by atoms with Crippen molar-refractivity contribution in [1.82, 2.24) is 10.2 Å². The zero-order valence-corrected chi connectivity index (χ0v) is 12.3. The SMILES string of the molecule is CCCC(CNCC)N(C)C1CCC(C)CC1. The molecule has 0 heterocycles. The lowest BCUT2D eigenvalue weighted by Crippen LogP contribution is -2.46. The van der Waals surface area contributed by atoms with E-state index in [-0.39, 0.29) is 0 Å². The summed E-state index contributed by atoms with van der Waals surface area (Å²) in [4.78, 5) is 2.66. The molecule has 0 spiro atoms. The van der Waals surface area contributed by atoms with Crippen molar-refractivity contribution in [1.29, 1.82) is 0 Å². The van der Waals surface area contributed by atoms with Gasteiger partial charge in [0.1, 0.15) is 0 Å². The summed E-state index contributed by atoms with van der Waals surface area (Å²) in [5, 5.41) is 3.52. The van der Waals surface area contributed by atoms with Crippen LogP contribution in [0.25, 0.3) is 0 Å². The van der Waals surface area contributed by atoms with Gasteiger partial charge in [0.05, 0.1) is 0 Å². The Morgan fingerprint density at radius 2 is 1.82 bits per heavy atom. The molecule has 1 aliphatic rings.